The summed E-state index contributed by atoms with van der Waals surface area (Å²) in [7, 11) is 0. The minimum atomic E-state index is -0.0682. The van der Waals surface area contributed by atoms with Gasteiger partial charge < -0.3 is 16.2 Å². The maximum atomic E-state index is 11.6. The van der Waals surface area contributed by atoms with E-state index in [1.54, 1.807) is 0 Å². The molecule has 1 aliphatic carbocycles. The van der Waals surface area contributed by atoms with Gasteiger partial charge in [-0.1, -0.05) is 19.1 Å². The Bertz CT molecular complexity index is 241. The standard InChI is InChI=1S/C11H20N2O2/c1-8(4-5-14)7-13-11(15)9-2-3-10(12)6-9/h2-3,8-10,14H,4-7,12H2,1H3,(H,13,15). The number of aliphatic hydroxyl groups excluding tert-OH is 1. The molecule has 0 bridgehead atoms. The molecule has 0 fully saturated rings. The molecule has 15 heavy (non-hydrogen) atoms. The number of nitrogens with one attached hydrogen (secondary N) is 1. The van der Waals surface area contributed by atoms with E-state index in [1.165, 1.54) is 0 Å². The molecule has 1 amide bonds. The first kappa shape index (κ1) is 12.2. The zero-order chi connectivity index (χ0) is 11.3. The van der Waals surface area contributed by atoms with Crippen LogP contribution in [0.2, 0.25) is 0 Å². The Labute approximate surface area is 90.5 Å². The highest BCUT2D eigenvalue weighted by Crippen LogP contribution is 2.16. The van der Waals surface area contributed by atoms with Crippen molar-refractivity contribution in [2.24, 2.45) is 17.6 Å². The molecule has 0 radical (unpaired) electrons. The minimum absolute atomic E-state index is 0.0237. The van der Waals surface area contributed by atoms with E-state index in [1.807, 2.05) is 19.1 Å². The van der Waals surface area contributed by atoms with Gasteiger partial charge in [-0.05, 0) is 18.8 Å². The predicted octanol–water partition coefficient (Wildman–Crippen LogP) is 0.0245. The summed E-state index contributed by atoms with van der Waals surface area (Å²) in [6.45, 7) is 2.80. The third-order valence-corrected chi connectivity index (χ3v) is 2.70. The molecule has 4 nitrogen and oxygen atoms in total. The number of rotatable bonds is 5. The molecule has 4 heteroatoms. The molecule has 0 heterocycles. The molecule has 4 N–H and O–H groups in total. The third-order valence-electron chi connectivity index (χ3n) is 2.70. The van der Waals surface area contributed by atoms with Crippen LogP contribution in [0.15, 0.2) is 12.2 Å². The van der Waals surface area contributed by atoms with Crippen molar-refractivity contribution in [1.82, 2.24) is 5.32 Å². The van der Waals surface area contributed by atoms with Crippen LogP contribution in [0.4, 0.5) is 0 Å². The van der Waals surface area contributed by atoms with Crippen molar-refractivity contribution in [1.29, 1.82) is 0 Å². The van der Waals surface area contributed by atoms with Gasteiger partial charge in [-0.3, -0.25) is 4.79 Å². The Morgan fingerprint density at radius 2 is 2.40 bits per heavy atom. The number of hydrogen-bond donors (Lipinski definition) is 3. The monoisotopic (exact) mass is 212 g/mol. The number of amides is 1. The number of hydrogen-bond acceptors (Lipinski definition) is 3. The highest BCUT2D eigenvalue weighted by atomic mass is 16.3. The largest absolute Gasteiger partial charge is 0.396 e. The Morgan fingerprint density at radius 1 is 1.67 bits per heavy atom. The summed E-state index contributed by atoms with van der Waals surface area (Å²) in [5, 5.41) is 11.6. The van der Waals surface area contributed by atoms with Crippen LogP contribution in [-0.2, 0) is 4.79 Å². The van der Waals surface area contributed by atoms with E-state index >= 15 is 0 Å². The highest BCUT2D eigenvalue weighted by molar-refractivity contribution is 5.81. The second-order valence-corrected chi connectivity index (χ2v) is 4.25. The summed E-state index contributed by atoms with van der Waals surface area (Å²) in [5.41, 5.74) is 5.67. The first-order chi connectivity index (χ1) is 7.13. The molecule has 0 aromatic rings. The summed E-state index contributed by atoms with van der Waals surface area (Å²) >= 11 is 0. The van der Waals surface area contributed by atoms with E-state index in [2.05, 4.69) is 5.32 Å². The van der Waals surface area contributed by atoms with Crippen LogP contribution in [0.3, 0.4) is 0 Å². The Kier molecular flexibility index (Phi) is 4.78. The first-order valence-corrected chi connectivity index (χ1v) is 5.46. The van der Waals surface area contributed by atoms with Crippen LogP contribution in [0.25, 0.3) is 0 Å². The van der Waals surface area contributed by atoms with Crippen molar-refractivity contribution in [3.63, 3.8) is 0 Å². The van der Waals surface area contributed by atoms with Gasteiger partial charge in [-0.15, -0.1) is 0 Å². The molecule has 1 aliphatic rings. The number of carbonyl (C=O) groups is 1. The molecule has 1 rings (SSSR count). The average Bonchev–Trinajstić information content (AvgIpc) is 2.62. The fourth-order valence-corrected chi connectivity index (χ4v) is 1.65. The van der Waals surface area contributed by atoms with Gasteiger partial charge in [0.1, 0.15) is 0 Å². The number of nitrogens with two attached hydrogens (primary N) is 1. The molecule has 0 spiro atoms. The fourth-order valence-electron chi connectivity index (χ4n) is 1.65. The maximum Gasteiger partial charge on any atom is 0.227 e. The second-order valence-electron chi connectivity index (χ2n) is 4.25. The van der Waals surface area contributed by atoms with Crippen molar-refractivity contribution < 1.29 is 9.90 Å². The zero-order valence-electron chi connectivity index (χ0n) is 9.15. The van der Waals surface area contributed by atoms with Gasteiger partial charge in [-0.25, -0.2) is 0 Å². The fraction of sp³-hybridized carbons (Fsp3) is 0.727. The van der Waals surface area contributed by atoms with Crippen LogP contribution >= 0.6 is 0 Å². The van der Waals surface area contributed by atoms with Crippen molar-refractivity contribution in [3.05, 3.63) is 12.2 Å². The normalized spacial score (nSPS) is 26.6. The number of carbonyl (C=O) groups excluding carboxylic acids is 1. The lowest BCUT2D eigenvalue weighted by atomic mass is 10.1. The van der Waals surface area contributed by atoms with Crippen LogP contribution in [0, 0.1) is 11.8 Å². The second kappa shape index (κ2) is 5.88. The summed E-state index contributed by atoms with van der Waals surface area (Å²) in [6.07, 6.45) is 5.18. The Hall–Kier alpha value is -0.870. The van der Waals surface area contributed by atoms with Gasteiger partial charge in [0.05, 0.1) is 5.92 Å². The Morgan fingerprint density at radius 3 is 2.93 bits per heavy atom. The molecule has 0 aliphatic heterocycles. The van der Waals surface area contributed by atoms with E-state index in [0.717, 1.165) is 6.42 Å². The van der Waals surface area contributed by atoms with Crippen molar-refractivity contribution in [2.45, 2.75) is 25.8 Å². The third kappa shape index (κ3) is 4.01. The molecule has 0 saturated heterocycles. The lowest BCUT2D eigenvalue weighted by molar-refractivity contribution is -0.123. The molecule has 0 saturated carbocycles. The van der Waals surface area contributed by atoms with Gasteiger partial charge in [0, 0.05) is 19.2 Å². The van der Waals surface area contributed by atoms with Gasteiger partial charge >= 0.3 is 0 Å². The van der Waals surface area contributed by atoms with Crippen molar-refractivity contribution in [2.75, 3.05) is 13.2 Å². The van der Waals surface area contributed by atoms with Crippen LogP contribution < -0.4 is 11.1 Å². The summed E-state index contributed by atoms with van der Waals surface area (Å²) in [4.78, 5) is 11.6. The predicted molar refractivity (Wildman–Crippen MR) is 59.1 cm³/mol. The van der Waals surface area contributed by atoms with Gasteiger partial charge in [0.25, 0.3) is 0 Å². The first-order valence-electron chi connectivity index (χ1n) is 5.46. The Balaban J connectivity index is 2.22. The molecule has 0 aromatic heterocycles. The topological polar surface area (TPSA) is 75.3 Å². The average molecular weight is 212 g/mol. The van der Waals surface area contributed by atoms with E-state index < -0.39 is 0 Å². The molecular formula is C11H20N2O2. The minimum Gasteiger partial charge on any atom is -0.396 e. The van der Waals surface area contributed by atoms with Gasteiger partial charge in [0.2, 0.25) is 5.91 Å². The highest BCUT2D eigenvalue weighted by Gasteiger charge is 2.22. The summed E-state index contributed by atoms with van der Waals surface area (Å²) in [5.74, 6) is 0.295. The molecule has 3 unspecified atom stereocenters. The van der Waals surface area contributed by atoms with Gasteiger partial charge in [-0.2, -0.15) is 0 Å². The SMILES string of the molecule is CC(CCO)CNC(=O)C1C=CC(N)C1. The van der Waals surface area contributed by atoms with E-state index in [0.29, 0.717) is 18.9 Å². The molecule has 0 aromatic carbocycles. The molecule has 86 valence electrons. The van der Waals surface area contributed by atoms with Crippen LogP contribution in [-0.4, -0.2) is 30.2 Å². The molecular weight excluding hydrogens is 192 g/mol. The maximum absolute atomic E-state index is 11.6. The van der Waals surface area contributed by atoms with E-state index in [4.69, 9.17) is 10.8 Å². The van der Waals surface area contributed by atoms with Gasteiger partial charge in [0.15, 0.2) is 0 Å². The van der Waals surface area contributed by atoms with E-state index in [-0.39, 0.29) is 24.5 Å². The van der Waals surface area contributed by atoms with Crippen LogP contribution in [0.1, 0.15) is 19.8 Å². The number of aliphatic hydroxyl groups is 1. The smallest absolute Gasteiger partial charge is 0.227 e. The van der Waals surface area contributed by atoms with Crippen LogP contribution in [0.5, 0.6) is 0 Å². The van der Waals surface area contributed by atoms with E-state index in [9.17, 15) is 4.79 Å². The van der Waals surface area contributed by atoms with Crippen molar-refractivity contribution in [3.8, 4) is 0 Å². The lowest BCUT2D eigenvalue weighted by Gasteiger charge is -2.14. The summed E-state index contributed by atoms with van der Waals surface area (Å²) in [6, 6.07) is 0.0237. The van der Waals surface area contributed by atoms with Crippen molar-refractivity contribution >= 4 is 5.91 Å². The zero-order valence-corrected chi connectivity index (χ0v) is 9.15. The lowest BCUT2D eigenvalue weighted by Crippen LogP contribution is -2.33. The summed E-state index contributed by atoms with van der Waals surface area (Å²) < 4.78 is 0. The molecule has 3 atom stereocenters. The quantitative estimate of drug-likeness (QED) is 0.563.